The van der Waals surface area contributed by atoms with E-state index in [1.165, 1.54) is 22.9 Å². The molecule has 0 radical (unpaired) electrons. The van der Waals surface area contributed by atoms with Crippen LogP contribution in [0.1, 0.15) is 11.1 Å². The first-order chi connectivity index (χ1) is 8.45. The van der Waals surface area contributed by atoms with E-state index in [1.54, 1.807) is 0 Å². The Morgan fingerprint density at radius 1 is 0.706 bits per heavy atom. The zero-order chi connectivity index (χ0) is 12.3. The van der Waals surface area contributed by atoms with Crippen LogP contribution in [0.3, 0.4) is 0 Å². The van der Waals surface area contributed by atoms with Gasteiger partial charge < -0.3 is 0 Å². The molecule has 17 heavy (non-hydrogen) atoms. The van der Waals surface area contributed by atoms with E-state index in [0.29, 0.717) is 0 Å². The van der Waals surface area contributed by atoms with Gasteiger partial charge >= 0.3 is 32.0 Å². The van der Waals surface area contributed by atoms with Gasteiger partial charge in [-0.1, -0.05) is 60.7 Å². The molecule has 0 aliphatic carbocycles. The molecule has 0 spiro atoms. The van der Waals surface area contributed by atoms with Gasteiger partial charge in [0.25, 0.3) is 0 Å². The van der Waals surface area contributed by atoms with Crippen LogP contribution in [0.5, 0.6) is 0 Å². The van der Waals surface area contributed by atoms with Crippen molar-refractivity contribution in [1.82, 2.24) is 0 Å². The molecule has 0 aliphatic rings. The first-order valence-electron chi connectivity index (χ1n) is 5.27. The van der Waals surface area contributed by atoms with Crippen LogP contribution >= 0.6 is 13.0 Å². The van der Waals surface area contributed by atoms with Crippen molar-refractivity contribution in [2.24, 2.45) is 0 Å². The quantitative estimate of drug-likeness (QED) is 0.344. The second-order valence-corrected chi connectivity index (χ2v) is 4.59. The summed E-state index contributed by atoms with van der Waals surface area (Å²) in [5.41, 5.74) is 2.85. The number of thiol groups is 1. The van der Waals surface area contributed by atoms with E-state index in [9.17, 15) is 0 Å². The summed E-state index contributed by atoms with van der Waals surface area (Å²) in [5.74, 6) is 2.30. The van der Waals surface area contributed by atoms with Crippen LogP contribution in [-0.2, 0) is 42.2 Å². The van der Waals surface area contributed by atoms with Gasteiger partial charge in [-0.15, -0.1) is 0 Å². The van der Waals surface area contributed by atoms with Gasteiger partial charge in [0.2, 0.25) is 0 Å². The minimum absolute atomic E-state index is 1.15. The third-order valence-corrected chi connectivity index (χ3v) is 3.45. The molecule has 0 fully saturated rings. The second kappa shape index (κ2) is 9.98. The topological polar surface area (TPSA) is 0 Å². The second-order valence-electron chi connectivity index (χ2n) is 3.51. The molecule has 2 aromatic rings. The number of hydrogen-bond donors (Lipinski definition) is 0. The fourth-order valence-corrected chi connectivity index (χ4v) is 2.53. The molecule has 0 aromatic heterocycles. The fourth-order valence-electron chi connectivity index (χ4n) is 1.48. The molecule has 0 saturated heterocycles. The Kier molecular flexibility index (Phi) is 8.85. The van der Waals surface area contributed by atoms with Crippen molar-refractivity contribution in [3.8, 4) is 0 Å². The van der Waals surface area contributed by atoms with Crippen LogP contribution < -0.4 is 0 Å². The number of rotatable bonds is 4. The molecular weight excluding hydrogens is 477 g/mol. The van der Waals surface area contributed by atoms with Crippen molar-refractivity contribution in [3.05, 3.63) is 71.8 Å². The van der Waals surface area contributed by atoms with Crippen molar-refractivity contribution < 1.29 is 18.9 Å². The van der Waals surface area contributed by atoms with E-state index in [1.807, 2.05) is 0 Å². The zero-order valence-electron chi connectivity index (χ0n) is 9.31. The van der Waals surface area contributed by atoms with Gasteiger partial charge in [0, 0.05) is 11.1 Å². The summed E-state index contributed by atoms with van der Waals surface area (Å²) in [4.78, 5) is 0. The van der Waals surface area contributed by atoms with Crippen molar-refractivity contribution >= 4 is 24.8 Å². The van der Waals surface area contributed by atoms with Gasteiger partial charge in [-0.25, -0.2) is 0 Å². The summed E-state index contributed by atoms with van der Waals surface area (Å²) in [5, 5.41) is 0. The maximum absolute atomic E-state index is 2.88. The Hall–Kier alpha value is 0.0103. The van der Waals surface area contributed by atoms with Gasteiger partial charge in [0.05, 0.1) is 0 Å². The maximum atomic E-state index is 2.88. The van der Waals surface area contributed by atoms with Crippen molar-refractivity contribution in [2.75, 3.05) is 0 Å². The van der Waals surface area contributed by atoms with Crippen molar-refractivity contribution in [3.63, 3.8) is 0 Å². The Labute approximate surface area is 126 Å². The Bertz CT molecular complexity index is 352. The van der Waals surface area contributed by atoms with E-state index < -0.39 is 0 Å². The Morgan fingerprint density at radius 2 is 1.06 bits per heavy atom. The molecule has 0 aliphatic heterocycles. The minimum atomic E-state index is 1.15. The third kappa shape index (κ3) is 6.49. The van der Waals surface area contributed by atoms with Gasteiger partial charge in [-0.3, -0.25) is 0 Å². The van der Waals surface area contributed by atoms with Crippen molar-refractivity contribution in [2.45, 2.75) is 11.5 Å². The molecular formula is C14H15AuBrS+. The van der Waals surface area contributed by atoms with Crippen LogP contribution in [-0.4, -0.2) is 0 Å². The molecule has 94 valence electrons. The standard InChI is InChI=1S/C14H14S.Au.BrH/c1-3-7-13(8-4-1)11-15-12-14-9-5-2-6-10-14;;/h1-10H,11-12H2;;1H/q;+1;. The molecule has 2 aromatic carbocycles. The van der Waals surface area contributed by atoms with Crippen LogP contribution in [0.2, 0.25) is 0 Å². The van der Waals surface area contributed by atoms with Crippen LogP contribution in [0.25, 0.3) is 0 Å². The minimum Gasteiger partial charge on any atom is -0.0622 e. The first-order valence-corrected chi connectivity index (χ1v) is 11.3. The molecule has 0 nitrogen and oxygen atoms in total. The summed E-state index contributed by atoms with van der Waals surface area (Å²) in [6.07, 6.45) is 0. The maximum Gasteiger partial charge on any atom is 0.131 e. The molecule has 0 heterocycles. The largest absolute Gasteiger partial charge is 0.131 e. The molecule has 0 unspecified atom stereocenters. The monoisotopic (exact) mass is 491 g/mol. The van der Waals surface area contributed by atoms with Crippen LogP contribution in [0.4, 0.5) is 0 Å². The molecule has 3 heteroatoms. The normalized spacial score (nSPS) is 9.35. The first kappa shape index (κ1) is 15.1. The molecule has 0 N–H and O–H groups in total. The van der Waals surface area contributed by atoms with E-state index in [0.717, 1.165) is 11.5 Å². The predicted octanol–water partition coefficient (Wildman–Crippen LogP) is 4.04. The van der Waals surface area contributed by atoms with Gasteiger partial charge in [0.1, 0.15) is 11.5 Å². The van der Waals surface area contributed by atoms with E-state index in [2.05, 4.69) is 92.6 Å². The Balaban J connectivity index is 0.000000686. The predicted molar refractivity (Wildman–Crippen MR) is 78.0 cm³/mol. The van der Waals surface area contributed by atoms with Gasteiger partial charge in [-0.2, -0.15) is 0 Å². The summed E-state index contributed by atoms with van der Waals surface area (Å²) < 4.78 is 0. The Morgan fingerprint density at radius 3 is 1.41 bits per heavy atom. The third-order valence-electron chi connectivity index (χ3n) is 2.27. The summed E-state index contributed by atoms with van der Waals surface area (Å²) in [7, 11) is 0. The van der Waals surface area contributed by atoms with E-state index in [-0.39, 0.29) is 0 Å². The van der Waals surface area contributed by atoms with Crippen LogP contribution in [0, 0.1) is 0 Å². The molecule has 0 bridgehead atoms. The zero-order valence-corrected chi connectivity index (χ0v) is 14.0. The molecule has 0 atom stereocenters. The van der Waals surface area contributed by atoms with Crippen molar-refractivity contribution in [1.29, 1.82) is 0 Å². The average Bonchev–Trinajstić information content (AvgIpc) is 2.43. The fraction of sp³-hybridized carbons (Fsp3) is 0.143. The number of hydrogen-bond acceptors (Lipinski definition) is 0. The van der Waals surface area contributed by atoms with E-state index in [4.69, 9.17) is 0 Å². The SMILES string of the molecule is [Br][Au].c1ccc(C[SH+]Cc2ccccc2)cc1. The van der Waals surface area contributed by atoms with E-state index >= 15 is 0 Å². The molecule has 0 saturated carbocycles. The smallest absolute Gasteiger partial charge is 0.0622 e. The molecule has 0 amide bonds. The number of benzene rings is 2. The molecule has 2 rings (SSSR count). The summed E-state index contributed by atoms with van der Waals surface area (Å²) >= 11 is 6.45. The summed E-state index contributed by atoms with van der Waals surface area (Å²) in [6.45, 7) is 0. The summed E-state index contributed by atoms with van der Waals surface area (Å²) in [6, 6.07) is 21.3. The van der Waals surface area contributed by atoms with Crippen LogP contribution in [0.15, 0.2) is 60.7 Å². The van der Waals surface area contributed by atoms with Gasteiger partial charge in [-0.05, 0) is 11.8 Å². The number of halogens is 1. The average molecular weight is 492 g/mol. The van der Waals surface area contributed by atoms with Gasteiger partial charge in [0.15, 0.2) is 0 Å².